The molecule has 0 saturated heterocycles. The molecule has 0 aromatic heterocycles. The number of carbonyl (C=O) groups is 2. The maximum Gasteiger partial charge on any atom is 0.257 e. The number of carbonyl (C=O) groups excluding carboxylic acids is 2. The molecule has 41 heavy (non-hydrogen) atoms. The third kappa shape index (κ3) is 6.19. The van der Waals surface area contributed by atoms with Gasteiger partial charge in [0.2, 0.25) is 0 Å². The molecular formula is C33H30N4O4. The van der Waals surface area contributed by atoms with Crippen LogP contribution in [-0.2, 0) is 22.8 Å². The first-order chi connectivity index (χ1) is 20.0. The molecule has 0 saturated carbocycles. The van der Waals surface area contributed by atoms with E-state index >= 15 is 0 Å². The minimum absolute atomic E-state index is 0.00455. The Hall–Kier alpha value is -5.18. The molecule has 0 radical (unpaired) electrons. The van der Waals surface area contributed by atoms with Gasteiger partial charge in [0.1, 0.15) is 0 Å². The summed E-state index contributed by atoms with van der Waals surface area (Å²) in [6, 6.07) is 28.3. The second kappa shape index (κ2) is 12.3. The number of aliphatic hydroxyl groups excluding tert-OH is 2. The number of hydrogen-bond acceptors (Lipinski definition) is 6. The van der Waals surface area contributed by atoms with Crippen molar-refractivity contribution >= 4 is 45.7 Å². The molecule has 0 spiro atoms. The predicted octanol–water partition coefficient (Wildman–Crippen LogP) is 5.48. The lowest BCUT2D eigenvalue weighted by molar-refractivity contribution is -0.111. The fraction of sp³-hybridized carbons (Fsp3) is 0.0909. The van der Waals surface area contributed by atoms with Crippen LogP contribution in [0.1, 0.15) is 27.8 Å². The summed E-state index contributed by atoms with van der Waals surface area (Å²) < 4.78 is 0. The molecule has 206 valence electrons. The van der Waals surface area contributed by atoms with Gasteiger partial charge < -0.3 is 31.5 Å². The van der Waals surface area contributed by atoms with Crippen LogP contribution in [-0.4, -0.2) is 22.0 Å². The van der Waals surface area contributed by atoms with Gasteiger partial charge in [-0.05, 0) is 60.0 Å². The van der Waals surface area contributed by atoms with E-state index < -0.39 is 0 Å². The molecule has 2 aliphatic rings. The van der Waals surface area contributed by atoms with Crippen LogP contribution in [0.15, 0.2) is 103 Å². The minimum Gasteiger partial charge on any atom is -0.392 e. The molecule has 2 aliphatic heterocycles. The highest BCUT2D eigenvalue weighted by Crippen LogP contribution is 2.34. The molecule has 0 aliphatic carbocycles. The molecule has 4 aromatic carbocycles. The van der Waals surface area contributed by atoms with Crippen molar-refractivity contribution in [2.45, 2.75) is 20.1 Å². The monoisotopic (exact) mass is 546 g/mol. The van der Waals surface area contributed by atoms with Crippen LogP contribution in [0.4, 0.5) is 22.7 Å². The largest absolute Gasteiger partial charge is 0.392 e. The number of amides is 2. The molecule has 8 heteroatoms. The number of hydrogen-bond donors (Lipinski definition) is 6. The number of rotatable bonds is 6. The first-order valence-corrected chi connectivity index (χ1v) is 13.1. The van der Waals surface area contributed by atoms with Crippen molar-refractivity contribution in [3.8, 4) is 0 Å². The standard InChI is InChI=1S/C17H16N2O2.C16H14N2O2/c1-11-4-2-7-15-16(11)14(17(21)19-15)9-18-13-6-3-5-12(8-13)10-20;19-10-11-4-3-5-12(8-11)17-9-14-13-6-1-2-7-15(13)18-16(14)20/h2-9,18,20H,10H2,1H3,(H,19,21);1-9,17,19H,10H2,(H,18,20)/b2*14-9+. The summed E-state index contributed by atoms with van der Waals surface area (Å²) in [5, 5.41) is 30.2. The van der Waals surface area contributed by atoms with Crippen molar-refractivity contribution in [3.05, 3.63) is 131 Å². The summed E-state index contributed by atoms with van der Waals surface area (Å²) in [4.78, 5) is 24.0. The summed E-state index contributed by atoms with van der Waals surface area (Å²) in [5.41, 5.74) is 9.11. The van der Waals surface area contributed by atoms with Gasteiger partial charge in [0, 0.05) is 46.3 Å². The van der Waals surface area contributed by atoms with E-state index in [0.29, 0.717) is 11.1 Å². The number of aliphatic hydroxyl groups is 2. The highest BCUT2D eigenvalue weighted by Gasteiger charge is 2.25. The molecule has 8 nitrogen and oxygen atoms in total. The van der Waals surface area contributed by atoms with Crippen molar-refractivity contribution in [3.63, 3.8) is 0 Å². The molecule has 6 rings (SSSR count). The molecule has 0 unspecified atom stereocenters. The van der Waals surface area contributed by atoms with Gasteiger partial charge >= 0.3 is 0 Å². The van der Waals surface area contributed by atoms with E-state index in [4.69, 9.17) is 10.2 Å². The molecule has 0 atom stereocenters. The van der Waals surface area contributed by atoms with Crippen LogP contribution in [0.3, 0.4) is 0 Å². The van der Waals surface area contributed by atoms with Crippen molar-refractivity contribution in [1.82, 2.24) is 0 Å². The SMILES string of the molecule is Cc1cccc2c1/C(=C\Nc1cccc(CO)c1)C(=O)N2.O=C1Nc2ccccc2/C1=C\Nc1cccc(CO)c1. The van der Waals surface area contributed by atoms with Crippen LogP contribution in [0.25, 0.3) is 11.1 Å². The zero-order valence-electron chi connectivity index (χ0n) is 22.4. The van der Waals surface area contributed by atoms with Gasteiger partial charge in [-0.2, -0.15) is 0 Å². The Balaban J connectivity index is 0.000000165. The third-order valence-electron chi connectivity index (χ3n) is 6.73. The minimum atomic E-state index is -0.114. The number of anilines is 4. The first-order valence-electron chi connectivity index (χ1n) is 13.1. The molecule has 6 N–H and O–H groups in total. The second-order valence-corrected chi connectivity index (χ2v) is 9.57. The number of fused-ring (bicyclic) bond motifs is 2. The Morgan fingerprint density at radius 2 is 1.20 bits per heavy atom. The summed E-state index contributed by atoms with van der Waals surface area (Å²) in [6.45, 7) is 1.98. The Kier molecular flexibility index (Phi) is 8.24. The topological polar surface area (TPSA) is 123 Å². The number of para-hydroxylation sites is 1. The Bertz CT molecular complexity index is 1680. The van der Waals surface area contributed by atoms with E-state index in [1.54, 1.807) is 12.4 Å². The Labute approximate surface area is 238 Å². The van der Waals surface area contributed by atoms with Crippen LogP contribution in [0.2, 0.25) is 0 Å². The maximum absolute atomic E-state index is 12.1. The van der Waals surface area contributed by atoms with E-state index in [1.807, 2.05) is 97.9 Å². The predicted molar refractivity (Wildman–Crippen MR) is 163 cm³/mol. The van der Waals surface area contributed by atoms with E-state index in [-0.39, 0.29) is 25.0 Å². The molecule has 2 heterocycles. The highest BCUT2D eigenvalue weighted by molar-refractivity contribution is 6.32. The Morgan fingerprint density at radius 1 is 0.659 bits per heavy atom. The summed E-state index contributed by atoms with van der Waals surface area (Å²) >= 11 is 0. The van der Waals surface area contributed by atoms with Gasteiger partial charge in [0.15, 0.2) is 0 Å². The van der Waals surface area contributed by atoms with E-state index in [1.165, 1.54) is 0 Å². The van der Waals surface area contributed by atoms with Gasteiger partial charge in [-0.3, -0.25) is 9.59 Å². The lowest BCUT2D eigenvalue weighted by Gasteiger charge is -2.06. The zero-order valence-corrected chi connectivity index (χ0v) is 22.4. The van der Waals surface area contributed by atoms with Crippen molar-refractivity contribution < 1.29 is 19.8 Å². The van der Waals surface area contributed by atoms with Gasteiger partial charge in [-0.25, -0.2) is 0 Å². The third-order valence-corrected chi connectivity index (χ3v) is 6.73. The van der Waals surface area contributed by atoms with E-state index in [0.717, 1.165) is 50.6 Å². The Morgan fingerprint density at radius 3 is 1.85 bits per heavy atom. The average Bonchev–Trinajstić information content (AvgIpc) is 3.50. The second-order valence-electron chi connectivity index (χ2n) is 9.57. The smallest absolute Gasteiger partial charge is 0.257 e. The van der Waals surface area contributed by atoms with Gasteiger partial charge in [-0.15, -0.1) is 0 Å². The molecule has 0 fully saturated rings. The molecular weight excluding hydrogens is 516 g/mol. The molecule has 0 bridgehead atoms. The average molecular weight is 547 g/mol. The lowest BCUT2D eigenvalue weighted by atomic mass is 10.0. The van der Waals surface area contributed by atoms with Crippen LogP contribution < -0.4 is 21.3 Å². The lowest BCUT2D eigenvalue weighted by Crippen LogP contribution is -2.05. The van der Waals surface area contributed by atoms with Crippen LogP contribution in [0, 0.1) is 6.92 Å². The van der Waals surface area contributed by atoms with E-state index in [9.17, 15) is 9.59 Å². The fourth-order valence-electron chi connectivity index (χ4n) is 4.68. The number of benzene rings is 4. The molecule has 2 amide bonds. The van der Waals surface area contributed by atoms with Crippen molar-refractivity contribution in [2.24, 2.45) is 0 Å². The summed E-state index contributed by atoms with van der Waals surface area (Å²) in [6.07, 6.45) is 3.41. The van der Waals surface area contributed by atoms with Crippen molar-refractivity contribution in [2.75, 3.05) is 21.3 Å². The fourth-order valence-corrected chi connectivity index (χ4v) is 4.68. The number of aryl methyl sites for hydroxylation is 1. The number of nitrogens with one attached hydrogen (secondary N) is 4. The normalized spacial score (nSPS) is 15.0. The maximum atomic E-state index is 12.1. The summed E-state index contributed by atoms with van der Waals surface area (Å²) in [5.74, 6) is -0.220. The first kappa shape index (κ1) is 27.4. The zero-order chi connectivity index (χ0) is 28.8. The quantitative estimate of drug-likeness (QED) is 0.178. The molecule has 4 aromatic rings. The van der Waals surface area contributed by atoms with Gasteiger partial charge in [0.25, 0.3) is 11.8 Å². The highest BCUT2D eigenvalue weighted by atomic mass is 16.3. The van der Waals surface area contributed by atoms with Gasteiger partial charge in [0.05, 0.1) is 24.4 Å². The van der Waals surface area contributed by atoms with Crippen LogP contribution >= 0.6 is 0 Å². The van der Waals surface area contributed by atoms with Gasteiger partial charge in [-0.1, -0.05) is 54.6 Å². The summed E-state index contributed by atoms with van der Waals surface area (Å²) in [7, 11) is 0. The van der Waals surface area contributed by atoms with Crippen molar-refractivity contribution in [1.29, 1.82) is 0 Å². The van der Waals surface area contributed by atoms with E-state index in [2.05, 4.69) is 21.3 Å². The van der Waals surface area contributed by atoms with Crippen LogP contribution in [0.5, 0.6) is 0 Å².